The number of aliphatic hydroxyl groups excluding tert-OH is 1. The predicted molar refractivity (Wildman–Crippen MR) is 123 cm³/mol. The number of hydrogen-bond donors (Lipinski definition) is 2. The van der Waals surface area contributed by atoms with Gasteiger partial charge >= 0.3 is 18.4 Å². The Kier molecular flexibility index (Phi) is 8.18. The molecule has 2 aromatic heterocycles. The first kappa shape index (κ1) is 29.1. The third kappa shape index (κ3) is 6.14. The summed E-state index contributed by atoms with van der Waals surface area (Å²) in [6.07, 6.45) is -10.9. The van der Waals surface area contributed by atoms with Gasteiger partial charge < -0.3 is 14.4 Å². The summed E-state index contributed by atoms with van der Waals surface area (Å²) in [5, 5.41) is 12.3. The summed E-state index contributed by atoms with van der Waals surface area (Å²) in [5.41, 5.74) is -4.52. The molecule has 0 aliphatic carbocycles. The van der Waals surface area contributed by atoms with E-state index in [2.05, 4.69) is 10.3 Å². The molecule has 3 aromatic rings. The largest absolute Gasteiger partial charge is 0.420 e. The monoisotopic (exact) mass is 567 g/mol. The number of anilines is 1. The lowest BCUT2D eigenvalue weighted by Gasteiger charge is -2.22. The predicted octanol–water partition coefficient (Wildman–Crippen LogP) is 5.06. The average Bonchev–Trinajstić information content (AvgIpc) is 3.18. The van der Waals surface area contributed by atoms with Gasteiger partial charge in [-0.1, -0.05) is 0 Å². The zero-order valence-electron chi connectivity index (χ0n) is 19.9. The normalized spacial score (nSPS) is 12.9. The van der Waals surface area contributed by atoms with Crippen molar-refractivity contribution in [3.63, 3.8) is 0 Å². The van der Waals surface area contributed by atoms with Crippen LogP contribution in [0, 0.1) is 17.5 Å². The van der Waals surface area contributed by atoms with Gasteiger partial charge in [0.2, 0.25) is 0 Å². The number of pyridine rings is 1. The number of imidazole rings is 1. The second-order valence-corrected chi connectivity index (χ2v) is 8.30. The number of rotatable bonds is 6. The van der Waals surface area contributed by atoms with E-state index in [0.29, 0.717) is 11.0 Å². The SMILES string of the molecule is CNC(O)Cn1ccn(-c2cc(C(F)(F)F)cc(C(F)(F)F)c2OC(=O)N(C)c2ccc(F)c(C)n2)c1=S. The van der Waals surface area contributed by atoms with Crippen molar-refractivity contribution < 1.29 is 45.4 Å². The molecule has 1 unspecified atom stereocenters. The van der Waals surface area contributed by atoms with Crippen molar-refractivity contribution in [1.29, 1.82) is 0 Å². The summed E-state index contributed by atoms with van der Waals surface area (Å²) in [4.78, 5) is 17.3. The highest BCUT2D eigenvalue weighted by Gasteiger charge is 2.42. The fraction of sp³-hybridized carbons (Fsp3) is 0.318. The number of likely N-dealkylation sites (N-methyl/N-ethyl adjacent to an activating group) is 1. The number of aromatic nitrogens is 3. The Bertz CT molecular complexity index is 1400. The van der Waals surface area contributed by atoms with Gasteiger partial charge in [0.15, 0.2) is 10.5 Å². The van der Waals surface area contributed by atoms with Gasteiger partial charge in [-0.2, -0.15) is 26.3 Å². The summed E-state index contributed by atoms with van der Waals surface area (Å²) in [6, 6.07) is 2.20. The van der Waals surface area contributed by atoms with Crippen LogP contribution in [0.25, 0.3) is 5.69 Å². The maximum Gasteiger partial charge on any atom is 0.420 e. The van der Waals surface area contributed by atoms with Gasteiger partial charge in [-0.25, -0.2) is 14.2 Å². The second kappa shape index (κ2) is 10.7. The van der Waals surface area contributed by atoms with E-state index in [1.807, 2.05) is 0 Å². The van der Waals surface area contributed by atoms with Gasteiger partial charge in [0, 0.05) is 19.4 Å². The quantitative estimate of drug-likeness (QED) is 0.246. The Balaban J connectivity index is 2.21. The summed E-state index contributed by atoms with van der Waals surface area (Å²) < 4.78 is 103. The van der Waals surface area contributed by atoms with Crippen LogP contribution in [0.4, 0.5) is 41.3 Å². The smallest absolute Gasteiger partial charge is 0.407 e. The molecule has 0 fully saturated rings. The molecule has 0 bridgehead atoms. The number of nitrogens with zero attached hydrogens (tertiary/aromatic N) is 4. The Morgan fingerprint density at radius 1 is 1.18 bits per heavy atom. The van der Waals surface area contributed by atoms with Crippen LogP contribution < -0.4 is 15.0 Å². The van der Waals surface area contributed by atoms with E-state index in [-0.39, 0.29) is 28.9 Å². The number of carbonyl (C=O) groups excluding carboxylic acids is 1. The van der Waals surface area contributed by atoms with Crippen LogP contribution >= 0.6 is 12.2 Å². The van der Waals surface area contributed by atoms with Crippen LogP contribution in [0.15, 0.2) is 36.7 Å². The van der Waals surface area contributed by atoms with Crippen molar-refractivity contribution in [2.24, 2.45) is 0 Å². The lowest BCUT2D eigenvalue weighted by Crippen LogP contribution is -2.31. The summed E-state index contributed by atoms with van der Waals surface area (Å²) in [5.74, 6) is -2.16. The first-order valence-electron chi connectivity index (χ1n) is 10.6. The maximum absolute atomic E-state index is 14.0. The minimum Gasteiger partial charge on any atom is -0.407 e. The van der Waals surface area contributed by atoms with Crippen molar-refractivity contribution in [1.82, 2.24) is 19.4 Å². The molecule has 3 rings (SSSR count). The van der Waals surface area contributed by atoms with Gasteiger partial charge in [0.1, 0.15) is 23.4 Å². The molecule has 0 saturated carbocycles. The molecule has 206 valence electrons. The number of benzene rings is 1. The molecule has 2 N–H and O–H groups in total. The van der Waals surface area contributed by atoms with Gasteiger partial charge in [-0.05, 0) is 50.5 Å². The molecule has 16 heteroatoms. The van der Waals surface area contributed by atoms with E-state index in [4.69, 9.17) is 17.0 Å². The molecule has 0 radical (unpaired) electrons. The molecule has 8 nitrogen and oxygen atoms in total. The Labute approximate surface area is 215 Å². The highest BCUT2D eigenvalue weighted by atomic mass is 32.1. The highest BCUT2D eigenvalue weighted by Crippen LogP contribution is 2.44. The number of nitrogens with one attached hydrogen (secondary N) is 1. The van der Waals surface area contributed by atoms with E-state index in [1.165, 1.54) is 24.7 Å². The van der Waals surface area contributed by atoms with Crippen molar-refractivity contribution in [2.75, 3.05) is 19.0 Å². The number of hydrogen-bond acceptors (Lipinski definition) is 6. The number of ether oxygens (including phenoxy) is 1. The molecule has 2 heterocycles. The third-order valence-corrected chi connectivity index (χ3v) is 5.76. The summed E-state index contributed by atoms with van der Waals surface area (Å²) in [7, 11) is 2.49. The number of halogens is 7. The fourth-order valence-electron chi connectivity index (χ4n) is 3.25. The fourth-order valence-corrected chi connectivity index (χ4v) is 3.55. The molecule has 1 amide bonds. The van der Waals surface area contributed by atoms with E-state index >= 15 is 0 Å². The molecule has 0 spiro atoms. The molecule has 0 aliphatic heterocycles. The number of amides is 1. The van der Waals surface area contributed by atoms with E-state index in [1.54, 1.807) is 0 Å². The number of alkyl halides is 6. The maximum atomic E-state index is 14.0. The molecule has 1 atom stereocenters. The molecule has 0 saturated heterocycles. The molecule has 1 aromatic carbocycles. The molecule has 0 aliphatic rings. The van der Waals surface area contributed by atoms with Gasteiger partial charge in [0.25, 0.3) is 0 Å². The first-order chi connectivity index (χ1) is 17.5. The Hall–Kier alpha value is -3.50. The van der Waals surface area contributed by atoms with E-state index in [9.17, 15) is 40.6 Å². The molecular weight excluding hydrogens is 547 g/mol. The Morgan fingerprint density at radius 2 is 1.84 bits per heavy atom. The number of aliphatic hydroxyl groups is 1. The van der Waals surface area contributed by atoms with Crippen LogP contribution in [0.5, 0.6) is 5.75 Å². The topological polar surface area (TPSA) is 84.5 Å². The van der Waals surface area contributed by atoms with Gasteiger partial charge in [-0.3, -0.25) is 14.8 Å². The molecular formula is C22H20F7N5O3S. The average molecular weight is 567 g/mol. The van der Waals surface area contributed by atoms with Gasteiger partial charge in [0.05, 0.1) is 23.5 Å². The standard InChI is InChI=1S/C22H20F7N5O3S/c1-11-14(23)4-5-16(31-11)32(3)20(36)37-18-13(22(27,28)29)8-12(21(24,25)26)9-15(18)34-7-6-33(19(34)38)10-17(35)30-2/h4-9,17,30,35H,10H2,1-3H3. The van der Waals surface area contributed by atoms with Crippen LogP contribution in [-0.4, -0.2) is 45.6 Å². The van der Waals surface area contributed by atoms with Crippen LogP contribution in [0.1, 0.15) is 16.8 Å². The summed E-state index contributed by atoms with van der Waals surface area (Å²) in [6.45, 7) is 1.09. The van der Waals surface area contributed by atoms with E-state index < -0.39 is 53.1 Å². The third-order valence-electron chi connectivity index (χ3n) is 5.33. The lowest BCUT2D eigenvalue weighted by atomic mass is 10.1. The van der Waals surface area contributed by atoms with Crippen LogP contribution in [0.2, 0.25) is 0 Å². The summed E-state index contributed by atoms with van der Waals surface area (Å²) >= 11 is 5.20. The van der Waals surface area contributed by atoms with Crippen molar-refractivity contribution in [3.05, 3.63) is 64.1 Å². The van der Waals surface area contributed by atoms with Crippen LogP contribution in [0.3, 0.4) is 0 Å². The minimum atomic E-state index is -5.39. The second-order valence-electron chi connectivity index (χ2n) is 7.94. The first-order valence-corrected chi connectivity index (χ1v) is 11.0. The van der Waals surface area contributed by atoms with Crippen LogP contribution in [-0.2, 0) is 18.9 Å². The van der Waals surface area contributed by atoms with E-state index in [0.717, 1.165) is 29.9 Å². The zero-order chi connectivity index (χ0) is 28.6. The Morgan fingerprint density at radius 3 is 2.39 bits per heavy atom. The van der Waals surface area contributed by atoms with Gasteiger partial charge in [-0.15, -0.1) is 0 Å². The van der Waals surface area contributed by atoms with Crippen molar-refractivity contribution in [3.8, 4) is 11.4 Å². The lowest BCUT2D eigenvalue weighted by molar-refractivity contribution is -0.143. The van der Waals surface area contributed by atoms with Crippen molar-refractivity contribution in [2.45, 2.75) is 32.0 Å². The zero-order valence-corrected chi connectivity index (χ0v) is 20.7. The molecule has 38 heavy (non-hydrogen) atoms. The number of carbonyl (C=O) groups is 1. The minimum absolute atomic E-state index is 0.121. The number of aryl methyl sites for hydroxylation is 1. The van der Waals surface area contributed by atoms with Crippen molar-refractivity contribution >= 4 is 24.1 Å². The highest BCUT2D eigenvalue weighted by molar-refractivity contribution is 7.71.